The maximum Gasteiger partial charge on any atom is 0.250 e. The van der Waals surface area contributed by atoms with Crippen LogP contribution in [0.1, 0.15) is 16.8 Å². The average Bonchev–Trinajstić information content (AvgIpc) is 2.87. The van der Waals surface area contributed by atoms with Crippen LogP contribution < -0.4 is 9.46 Å². The molecule has 21 heavy (non-hydrogen) atoms. The van der Waals surface area contributed by atoms with Crippen molar-refractivity contribution in [2.75, 3.05) is 7.11 Å². The Morgan fingerprint density at radius 3 is 2.67 bits per heavy atom. The van der Waals surface area contributed by atoms with Crippen LogP contribution in [0.4, 0.5) is 0 Å². The lowest BCUT2D eigenvalue weighted by Crippen LogP contribution is -2.22. The number of halogens is 1. The maximum atomic E-state index is 12.3. The normalized spacial score (nSPS) is 11.9. The van der Waals surface area contributed by atoms with Crippen molar-refractivity contribution in [2.45, 2.75) is 24.6 Å². The molecule has 0 atom stereocenters. The van der Waals surface area contributed by atoms with Gasteiger partial charge in [-0.3, -0.25) is 0 Å². The molecule has 0 aliphatic carbocycles. The summed E-state index contributed by atoms with van der Waals surface area (Å²) in [5.74, 6) is 0.538. The summed E-state index contributed by atoms with van der Waals surface area (Å²) >= 11 is 6.96. The third-order valence-electron chi connectivity index (χ3n) is 3.02. The third-order valence-corrected chi connectivity index (χ3v) is 6.45. The molecular formula is C12H16ClN3O3S2. The summed E-state index contributed by atoms with van der Waals surface area (Å²) < 4.78 is 34.6. The van der Waals surface area contributed by atoms with Gasteiger partial charge in [0.2, 0.25) is 15.9 Å². The first-order valence-electron chi connectivity index (χ1n) is 6.08. The van der Waals surface area contributed by atoms with Crippen molar-refractivity contribution in [3.05, 3.63) is 27.2 Å². The van der Waals surface area contributed by atoms with Gasteiger partial charge in [-0.05, 0) is 25.5 Å². The van der Waals surface area contributed by atoms with E-state index in [-0.39, 0.29) is 10.8 Å². The molecule has 0 fully saturated rings. The van der Waals surface area contributed by atoms with Crippen LogP contribution in [0.3, 0.4) is 0 Å². The SMILES string of the molecule is COc1c(CNS(=O)(=O)c2cc(C)c(Cl)s2)c(C)nn1C. The standard InChI is InChI=1S/C12H16ClN3O3S2/c1-7-5-10(20-11(7)13)21(17,18)14-6-9-8(2)15-16(3)12(9)19-4/h5,14H,6H2,1-4H3. The van der Waals surface area contributed by atoms with Gasteiger partial charge in [0.05, 0.1) is 22.7 Å². The third kappa shape index (κ3) is 3.23. The highest BCUT2D eigenvalue weighted by molar-refractivity contribution is 7.91. The van der Waals surface area contributed by atoms with Crippen molar-refractivity contribution in [1.82, 2.24) is 14.5 Å². The number of sulfonamides is 1. The van der Waals surface area contributed by atoms with Crippen LogP contribution in [0.5, 0.6) is 5.88 Å². The van der Waals surface area contributed by atoms with Gasteiger partial charge in [0.15, 0.2) is 0 Å². The minimum Gasteiger partial charge on any atom is -0.481 e. The molecule has 9 heteroatoms. The van der Waals surface area contributed by atoms with Crippen molar-refractivity contribution < 1.29 is 13.2 Å². The van der Waals surface area contributed by atoms with Crippen LogP contribution in [0.25, 0.3) is 0 Å². The first-order chi connectivity index (χ1) is 9.76. The Kier molecular flexibility index (Phi) is 4.62. The number of hydrogen-bond donors (Lipinski definition) is 1. The van der Waals surface area contributed by atoms with Crippen LogP contribution in [0.2, 0.25) is 4.34 Å². The molecule has 2 aromatic heterocycles. The minimum absolute atomic E-state index is 0.111. The number of thiophene rings is 1. The van der Waals surface area contributed by atoms with Gasteiger partial charge in [0.1, 0.15) is 4.21 Å². The van der Waals surface area contributed by atoms with E-state index in [1.54, 1.807) is 31.6 Å². The topological polar surface area (TPSA) is 73.2 Å². The van der Waals surface area contributed by atoms with Crippen molar-refractivity contribution in [2.24, 2.45) is 7.05 Å². The molecule has 0 bridgehead atoms. The van der Waals surface area contributed by atoms with Crippen molar-refractivity contribution in [3.8, 4) is 5.88 Å². The molecule has 0 amide bonds. The second-order valence-corrected chi connectivity index (χ2v) is 8.19. The Morgan fingerprint density at radius 2 is 2.14 bits per heavy atom. The number of hydrogen-bond acceptors (Lipinski definition) is 5. The summed E-state index contributed by atoms with van der Waals surface area (Å²) in [6.45, 7) is 3.68. The fourth-order valence-corrected chi connectivity index (χ4v) is 4.69. The van der Waals surface area contributed by atoms with E-state index in [2.05, 4.69) is 9.82 Å². The lowest BCUT2D eigenvalue weighted by Gasteiger charge is -2.06. The predicted molar refractivity (Wildman–Crippen MR) is 82.6 cm³/mol. The molecule has 0 unspecified atom stereocenters. The number of methoxy groups -OCH3 is 1. The van der Waals surface area contributed by atoms with Crippen molar-refractivity contribution in [3.63, 3.8) is 0 Å². The zero-order valence-corrected chi connectivity index (χ0v) is 14.5. The van der Waals surface area contributed by atoms with Gasteiger partial charge in [-0.2, -0.15) is 5.10 Å². The smallest absolute Gasteiger partial charge is 0.250 e. The first-order valence-corrected chi connectivity index (χ1v) is 8.76. The molecule has 6 nitrogen and oxygen atoms in total. The number of rotatable bonds is 5. The summed E-state index contributed by atoms with van der Waals surface area (Å²) in [6.07, 6.45) is 0. The quantitative estimate of drug-likeness (QED) is 0.898. The second-order valence-electron chi connectivity index (χ2n) is 4.54. The summed E-state index contributed by atoms with van der Waals surface area (Å²) in [4.78, 5) is 0. The van der Waals surface area contributed by atoms with Gasteiger partial charge in [-0.15, -0.1) is 11.3 Å². The molecule has 2 heterocycles. The fraction of sp³-hybridized carbons (Fsp3) is 0.417. The lowest BCUT2D eigenvalue weighted by molar-refractivity contribution is 0.369. The number of aromatic nitrogens is 2. The fourth-order valence-electron chi connectivity index (χ4n) is 1.94. The largest absolute Gasteiger partial charge is 0.481 e. The summed E-state index contributed by atoms with van der Waals surface area (Å²) in [7, 11) is -0.334. The van der Waals surface area contributed by atoms with Gasteiger partial charge in [0, 0.05) is 13.6 Å². The second kappa shape index (κ2) is 5.96. The molecule has 1 N–H and O–H groups in total. The van der Waals surface area contributed by atoms with Gasteiger partial charge < -0.3 is 4.74 Å². The average molecular weight is 350 g/mol. The number of ether oxygens (including phenoxy) is 1. The Bertz CT molecular complexity index is 746. The molecule has 2 rings (SSSR count). The van der Waals surface area contributed by atoms with Gasteiger partial charge in [-0.25, -0.2) is 17.8 Å². The summed E-state index contributed by atoms with van der Waals surface area (Å²) in [5.41, 5.74) is 2.18. The molecule has 116 valence electrons. The van der Waals surface area contributed by atoms with Crippen LogP contribution in [0, 0.1) is 13.8 Å². The van der Waals surface area contributed by atoms with Crippen molar-refractivity contribution >= 4 is 33.0 Å². The Balaban J connectivity index is 2.23. The van der Waals surface area contributed by atoms with E-state index in [0.717, 1.165) is 22.6 Å². The molecule has 0 saturated heterocycles. The van der Waals surface area contributed by atoms with Crippen molar-refractivity contribution in [1.29, 1.82) is 0 Å². The Hall–Kier alpha value is -1.09. The minimum atomic E-state index is -3.60. The summed E-state index contributed by atoms with van der Waals surface area (Å²) in [6, 6.07) is 1.56. The van der Waals surface area contributed by atoms with Gasteiger partial charge in [-0.1, -0.05) is 11.6 Å². The zero-order chi connectivity index (χ0) is 15.8. The molecular weight excluding hydrogens is 334 g/mol. The molecule has 0 aliphatic heterocycles. The highest BCUT2D eigenvalue weighted by atomic mass is 35.5. The first kappa shape index (κ1) is 16.3. The van der Waals surface area contributed by atoms with E-state index >= 15 is 0 Å². The number of aryl methyl sites for hydroxylation is 3. The van der Waals surface area contributed by atoms with E-state index < -0.39 is 10.0 Å². The molecule has 0 spiro atoms. The molecule has 0 radical (unpaired) electrons. The molecule has 0 aliphatic rings. The monoisotopic (exact) mass is 349 g/mol. The van der Waals surface area contributed by atoms with Crippen LogP contribution in [-0.4, -0.2) is 25.3 Å². The number of nitrogens with one attached hydrogen (secondary N) is 1. The van der Waals surface area contributed by atoms with Crippen LogP contribution in [-0.2, 0) is 23.6 Å². The molecule has 2 aromatic rings. The van der Waals surface area contributed by atoms with Crippen LogP contribution in [0.15, 0.2) is 10.3 Å². The maximum absolute atomic E-state index is 12.3. The van der Waals surface area contributed by atoms with Gasteiger partial charge >= 0.3 is 0 Å². The molecule has 0 aromatic carbocycles. The molecule has 0 saturated carbocycles. The highest BCUT2D eigenvalue weighted by Gasteiger charge is 2.21. The Labute approximate surface area is 132 Å². The van der Waals surface area contributed by atoms with E-state index in [1.165, 1.54) is 7.11 Å². The zero-order valence-electron chi connectivity index (χ0n) is 12.1. The Morgan fingerprint density at radius 1 is 1.48 bits per heavy atom. The lowest BCUT2D eigenvalue weighted by atomic mass is 10.2. The van der Waals surface area contributed by atoms with E-state index in [9.17, 15) is 8.42 Å². The van der Waals surface area contributed by atoms with E-state index in [0.29, 0.717) is 15.8 Å². The van der Waals surface area contributed by atoms with Gasteiger partial charge in [0.25, 0.3) is 0 Å². The summed E-state index contributed by atoms with van der Waals surface area (Å²) in [5, 5.41) is 4.21. The highest BCUT2D eigenvalue weighted by Crippen LogP contribution is 2.30. The predicted octanol–water partition coefficient (Wildman–Crippen LogP) is 2.24. The van der Waals surface area contributed by atoms with Crippen LogP contribution >= 0.6 is 22.9 Å². The van der Waals surface area contributed by atoms with E-state index in [1.807, 2.05) is 0 Å². The number of nitrogens with zero attached hydrogens (tertiary/aromatic N) is 2. The van der Waals surface area contributed by atoms with E-state index in [4.69, 9.17) is 16.3 Å².